The van der Waals surface area contributed by atoms with Crippen molar-refractivity contribution in [1.29, 1.82) is 5.26 Å². The average Bonchev–Trinajstić information content (AvgIpc) is 2.98. The highest BCUT2D eigenvalue weighted by molar-refractivity contribution is 5.03. The van der Waals surface area contributed by atoms with E-state index in [2.05, 4.69) is 37.1 Å². The lowest BCUT2D eigenvalue weighted by atomic mass is 9.97. The molecule has 3 nitrogen and oxygen atoms in total. The van der Waals surface area contributed by atoms with Gasteiger partial charge in [-0.3, -0.25) is 5.32 Å². The Labute approximate surface area is 132 Å². The van der Waals surface area contributed by atoms with Crippen molar-refractivity contribution in [3.8, 4) is 6.07 Å². The van der Waals surface area contributed by atoms with Gasteiger partial charge in [0.25, 0.3) is 0 Å². The predicted octanol–water partition coefficient (Wildman–Crippen LogP) is 3.95. The Hall–Kier alpha value is -0.590. The van der Waals surface area contributed by atoms with Crippen molar-refractivity contribution < 1.29 is 0 Å². The molecule has 1 aliphatic rings. The monoisotopic (exact) mass is 293 g/mol. The van der Waals surface area contributed by atoms with E-state index in [9.17, 15) is 5.26 Å². The van der Waals surface area contributed by atoms with Crippen LogP contribution in [-0.2, 0) is 0 Å². The number of nitriles is 1. The summed E-state index contributed by atoms with van der Waals surface area (Å²) in [5.74, 6) is 0.728. The second-order valence-electron chi connectivity index (χ2n) is 7.30. The largest absolute Gasteiger partial charge is 0.300 e. The Bertz CT molecular complexity index is 315. The van der Waals surface area contributed by atoms with Gasteiger partial charge < -0.3 is 4.90 Å². The van der Waals surface area contributed by atoms with Crippen molar-refractivity contribution in [3.05, 3.63) is 0 Å². The second kappa shape index (κ2) is 9.43. The topological polar surface area (TPSA) is 39.1 Å². The molecule has 1 saturated carbocycles. The number of nitrogens with zero attached hydrogens (tertiary/aromatic N) is 2. The van der Waals surface area contributed by atoms with Gasteiger partial charge in [0, 0.05) is 12.6 Å². The molecule has 0 aromatic heterocycles. The molecule has 1 rings (SSSR count). The van der Waals surface area contributed by atoms with Crippen LogP contribution in [0.1, 0.15) is 72.6 Å². The zero-order chi connectivity index (χ0) is 15.7. The van der Waals surface area contributed by atoms with E-state index in [0.717, 1.165) is 44.3 Å². The molecule has 1 unspecified atom stereocenters. The van der Waals surface area contributed by atoms with Crippen LogP contribution in [0.4, 0.5) is 0 Å². The molecule has 0 saturated heterocycles. The lowest BCUT2D eigenvalue weighted by Crippen LogP contribution is -2.43. The van der Waals surface area contributed by atoms with Gasteiger partial charge in [0.2, 0.25) is 0 Å². The lowest BCUT2D eigenvalue weighted by Gasteiger charge is -2.31. The number of hydrogen-bond donors (Lipinski definition) is 1. The zero-order valence-corrected chi connectivity index (χ0v) is 14.6. The standard InChI is InChI=1S/C18H35N3/c1-5-12-20-18(4,15-19)11-8-13-21(14-16(2)3)17-9-6-7-10-17/h16-17,20H,5-14H2,1-4H3. The summed E-state index contributed by atoms with van der Waals surface area (Å²) in [6.45, 7) is 12.1. The van der Waals surface area contributed by atoms with Crippen LogP contribution in [0.3, 0.4) is 0 Å². The number of rotatable bonds is 10. The molecular weight excluding hydrogens is 258 g/mol. The van der Waals surface area contributed by atoms with Crippen LogP contribution in [0, 0.1) is 17.2 Å². The Morgan fingerprint density at radius 1 is 1.33 bits per heavy atom. The molecule has 0 spiro atoms. The Morgan fingerprint density at radius 2 is 2.00 bits per heavy atom. The SMILES string of the molecule is CCCNC(C)(C#N)CCCN(CC(C)C)C1CCCC1. The average molecular weight is 293 g/mol. The molecule has 0 radical (unpaired) electrons. The summed E-state index contributed by atoms with van der Waals surface area (Å²) in [5, 5.41) is 12.8. The van der Waals surface area contributed by atoms with Crippen LogP contribution < -0.4 is 5.32 Å². The first-order chi connectivity index (χ1) is 10.0. The first-order valence-electron chi connectivity index (χ1n) is 8.91. The molecular formula is C18H35N3. The van der Waals surface area contributed by atoms with Crippen molar-refractivity contribution >= 4 is 0 Å². The third-order valence-corrected chi connectivity index (χ3v) is 4.57. The van der Waals surface area contributed by atoms with Crippen LogP contribution in [0.25, 0.3) is 0 Å². The molecule has 1 aliphatic carbocycles. The fraction of sp³-hybridized carbons (Fsp3) is 0.944. The quantitative estimate of drug-likeness (QED) is 0.663. The molecule has 1 N–H and O–H groups in total. The Kier molecular flexibility index (Phi) is 8.29. The van der Waals surface area contributed by atoms with Crippen LogP contribution in [0.2, 0.25) is 0 Å². The molecule has 21 heavy (non-hydrogen) atoms. The fourth-order valence-electron chi connectivity index (χ4n) is 3.38. The summed E-state index contributed by atoms with van der Waals surface area (Å²) < 4.78 is 0. The molecule has 0 amide bonds. The maximum Gasteiger partial charge on any atom is 0.103 e. The summed E-state index contributed by atoms with van der Waals surface area (Å²) in [6.07, 6.45) is 8.68. The highest BCUT2D eigenvalue weighted by Crippen LogP contribution is 2.25. The summed E-state index contributed by atoms with van der Waals surface area (Å²) in [6, 6.07) is 3.26. The van der Waals surface area contributed by atoms with Gasteiger partial charge in [0.1, 0.15) is 5.54 Å². The Balaban J connectivity index is 2.42. The molecule has 0 heterocycles. The third kappa shape index (κ3) is 6.80. The highest BCUT2D eigenvalue weighted by atomic mass is 15.2. The second-order valence-corrected chi connectivity index (χ2v) is 7.30. The van der Waals surface area contributed by atoms with E-state index in [1.807, 2.05) is 6.92 Å². The van der Waals surface area contributed by atoms with Crippen LogP contribution in [-0.4, -0.2) is 36.1 Å². The van der Waals surface area contributed by atoms with E-state index in [-0.39, 0.29) is 5.54 Å². The zero-order valence-electron chi connectivity index (χ0n) is 14.6. The van der Waals surface area contributed by atoms with Gasteiger partial charge in [-0.25, -0.2) is 0 Å². The van der Waals surface area contributed by atoms with E-state index in [4.69, 9.17) is 0 Å². The molecule has 122 valence electrons. The maximum atomic E-state index is 9.41. The van der Waals surface area contributed by atoms with Crippen molar-refractivity contribution in [2.45, 2.75) is 84.2 Å². The van der Waals surface area contributed by atoms with Gasteiger partial charge in [0.05, 0.1) is 6.07 Å². The van der Waals surface area contributed by atoms with Crippen molar-refractivity contribution in [1.82, 2.24) is 10.2 Å². The number of hydrogen-bond acceptors (Lipinski definition) is 3. The minimum atomic E-state index is -0.352. The molecule has 1 fully saturated rings. The molecule has 0 aromatic carbocycles. The highest BCUT2D eigenvalue weighted by Gasteiger charge is 2.25. The summed E-state index contributed by atoms with van der Waals surface area (Å²) in [5.41, 5.74) is -0.352. The minimum Gasteiger partial charge on any atom is -0.300 e. The summed E-state index contributed by atoms with van der Waals surface area (Å²) in [7, 11) is 0. The molecule has 0 aromatic rings. The maximum absolute atomic E-state index is 9.41. The molecule has 1 atom stereocenters. The van der Waals surface area contributed by atoms with Gasteiger partial charge in [-0.05, 0) is 58.0 Å². The van der Waals surface area contributed by atoms with Gasteiger partial charge in [-0.1, -0.05) is 33.6 Å². The normalized spacial score (nSPS) is 19.1. The number of nitrogens with one attached hydrogen (secondary N) is 1. The summed E-state index contributed by atoms with van der Waals surface area (Å²) in [4.78, 5) is 2.69. The minimum absolute atomic E-state index is 0.352. The predicted molar refractivity (Wildman–Crippen MR) is 90.2 cm³/mol. The van der Waals surface area contributed by atoms with Gasteiger partial charge in [-0.2, -0.15) is 5.26 Å². The van der Waals surface area contributed by atoms with E-state index < -0.39 is 0 Å². The first kappa shape index (κ1) is 18.5. The van der Waals surface area contributed by atoms with Gasteiger partial charge >= 0.3 is 0 Å². The Morgan fingerprint density at radius 3 is 2.52 bits per heavy atom. The smallest absolute Gasteiger partial charge is 0.103 e. The van der Waals surface area contributed by atoms with Crippen LogP contribution in [0.15, 0.2) is 0 Å². The molecule has 0 bridgehead atoms. The van der Waals surface area contributed by atoms with Gasteiger partial charge in [-0.15, -0.1) is 0 Å². The van der Waals surface area contributed by atoms with E-state index in [1.165, 1.54) is 32.2 Å². The van der Waals surface area contributed by atoms with Crippen LogP contribution >= 0.6 is 0 Å². The van der Waals surface area contributed by atoms with E-state index in [1.54, 1.807) is 0 Å². The lowest BCUT2D eigenvalue weighted by molar-refractivity contribution is 0.170. The van der Waals surface area contributed by atoms with E-state index >= 15 is 0 Å². The van der Waals surface area contributed by atoms with Crippen molar-refractivity contribution in [2.75, 3.05) is 19.6 Å². The van der Waals surface area contributed by atoms with E-state index in [0.29, 0.717) is 0 Å². The van der Waals surface area contributed by atoms with Crippen molar-refractivity contribution in [2.24, 2.45) is 5.92 Å². The van der Waals surface area contributed by atoms with Crippen molar-refractivity contribution in [3.63, 3.8) is 0 Å². The van der Waals surface area contributed by atoms with Crippen LogP contribution in [0.5, 0.6) is 0 Å². The van der Waals surface area contributed by atoms with Gasteiger partial charge in [0.15, 0.2) is 0 Å². The fourth-order valence-corrected chi connectivity index (χ4v) is 3.38. The molecule has 3 heteroatoms. The molecule has 0 aliphatic heterocycles. The first-order valence-corrected chi connectivity index (χ1v) is 8.91. The third-order valence-electron chi connectivity index (χ3n) is 4.57. The summed E-state index contributed by atoms with van der Waals surface area (Å²) >= 11 is 0.